The summed E-state index contributed by atoms with van der Waals surface area (Å²) in [6.45, 7) is 0.0383. The smallest absolute Gasteiger partial charge is 0.269 e. The van der Waals surface area contributed by atoms with Gasteiger partial charge in [0.1, 0.15) is 17.5 Å². The van der Waals surface area contributed by atoms with E-state index in [0.29, 0.717) is 28.8 Å². The van der Waals surface area contributed by atoms with E-state index in [9.17, 15) is 31.5 Å². The third-order valence-corrected chi connectivity index (χ3v) is 5.29. The topological polar surface area (TPSA) is 62.4 Å². The van der Waals surface area contributed by atoms with Crippen molar-refractivity contribution in [3.8, 4) is 0 Å². The molecule has 1 aromatic heterocycles. The largest absolute Gasteiger partial charge is 0.373 e. The Bertz CT molecular complexity index is 1230. The highest BCUT2D eigenvalue weighted by Gasteiger charge is 2.32. The predicted molar refractivity (Wildman–Crippen MR) is 100 cm³/mol. The van der Waals surface area contributed by atoms with Gasteiger partial charge in [-0.25, -0.2) is 22.0 Å². The summed E-state index contributed by atoms with van der Waals surface area (Å²) in [5.74, 6) is -4.52. The standard InChI is InChI=1S/C21H15F5N2O3/c1-28(21(30)9-4-13(23)18(19(25)26)14(24)5-9)16-8-31-7-15-17(16)11-3-2-10(22)6-12(11)20(29)27-15/h2-6,16,19H,7-8H2,1H3,(H,27,29)/t16-/m0/s1. The fourth-order valence-electron chi connectivity index (χ4n) is 3.79. The number of amides is 1. The van der Waals surface area contributed by atoms with Crippen molar-refractivity contribution in [2.24, 2.45) is 0 Å². The van der Waals surface area contributed by atoms with E-state index in [1.54, 1.807) is 0 Å². The number of nitrogens with one attached hydrogen (secondary N) is 1. The number of rotatable bonds is 3. The molecule has 0 saturated carbocycles. The second-order valence-electron chi connectivity index (χ2n) is 7.14. The second kappa shape index (κ2) is 7.77. The number of hydrogen-bond donors (Lipinski definition) is 1. The number of likely N-dealkylation sites (N-methyl/N-ethyl adjacent to an activating group) is 1. The molecule has 31 heavy (non-hydrogen) atoms. The molecule has 0 radical (unpaired) electrons. The Morgan fingerprint density at radius 3 is 2.45 bits per heavy atom. The Labute approximate surface area is 172 Å². The summed E-state index contributed by atoms with van der Waals surface area (Å²) < 4.78 is 72.6. The van der Waals surface area contributed by atoms with Crippen LogP contribution in [0.1, 0.15) is 39.6 Å². The van der Waals surface area contributed by atoms with Gasteiger partial charge >= 0.3 is 0 Å². The monoisotopic (exact) mass is 438 g/mol. The van der Waals surface area contributed by atoms with E-state index in [4.69, 9.17) is 4.74 Å². The number of carbonyl (C=O) groups excluding carboxylic acids is 1. The van der Waals surface area contributed by atoms with Crippen LogP contribution in [-0.2, 0) is 11.3 Å². The fourth-order valence-corrected chi connectivity index (χ4v) is 3.79. The quantitative estimate of drug-likeness (QED) is 0.623. The van der Waals surface area contributed by atoms with Crippen LogP contribution in [0.3, 0.4) is 0 Å². The molecule has 0 saturated heterocycles. The number of aromatic amines is 1. The molecule has 5 nitrogen and oxygen atoms in total. The van der Waals surface area contributed by atoms with Gasteiger partial charge in [-0.1, -0.05) is 6.07 Å². The van der Waals surface area contributed by atoms with Gasteiger partial charge in [-0.2, -0.15) is 0 Å². The van der Waals surface area contributed by atoms with Gasteiger partial charge in [-0.05, 0) is 29.7 Å². The lowest BCUT2D eigenvalue weighted by Crippen LogP contribution is -2.37. The molecule has 2 aromatic carbocycles. The molecule has 0 spiro atoms. The van der Waals surface area contributed by atoms with E-state index in [-0.39, 0.29) is 18.6 Å². The Balaban J connectivity index is 1.79. The number of ether oxygens (including phenoxy) is 1. The molecule has 1 atom stereocenters. The number of hydrogen-bond acceptors (Lipinski definition) is 3. The van der Waals surface area contributed by atoms with Gasteiger partial charge in [0, 0.05) is 23.9 Å². The Morgan fingerprint density at radius 1 is 1.13 bits per heavy atom. The summed E-state index contributed by atoms with van der Waals surface area (Å²) in [5.41, 5.74) is -1.52. The third kappa shape index (κ3) is 3.56. The number of halogens is 5. The van der Waals surface area contributed by atoms with E-state index in [1.165, 1.54) is 19.2 Å². The first kappa shape index (κ1) is 21.0. The van der Waals surface area contributed by atoms with E-state index in [0.717, 1.165) is 11.0 Å². The second-order valence-corrected chi connectivity index (χ2v) is 7.14. The molecule has 1 amide bonds. The van der Waals surface area contributed by atoms with Gasteiger partial charge in [-0.15, -0.1) is 0 Å². The molecular formula is C21H15F5N2O3. The number of nitrogens with zero attached hydrogens (tertiary/aromatic N) is 1. The number of H-pyrrole nitrogens is 1. The van der Waals surface area contributed by atoms with Crippen molar-refractivity contribution in [3.05, 3.63) is 80.5 Å². The van der Waals surface area contributed by atoms with Gasteiger partial charge < -0.3 is 14.6 Å². The molecule has 1 N–H and O–H groups in total. The first-order valence-corrected chi connectivity index (χ1v) is 9.15. The first-order chi connectivity index (χ1) is 14.7. The minimum absolute atomic E-state index is 0.00611. The maximum absolute atomic E-state index is 14.0. The highest BCUT2D eigenvalue weighted by atomic mass is 19.3. The minimum atomic E-state index is -3.37. The molecule has 0 aliphatic carbocycles. The first-order valence-electron chi connectivity index (χ1n) is 9.15. The summed E-state index contributed by atoms with van der Waals surface area (Å²) >= 11 is 0. The zero-order chi connectivity index (χ0) is 22.4. The molecular weight excluding hydrogens is 423 g/mol. The molecule has 4 rings (SSSR count). The van der Waals surface area contributed by atoms with Crippen LogP contribution >= 0.6 is 0 Å². The molecule has 1 aliphatic heterocycles. The van der Waals surface area contributed by atoms with Crippen LogP contribution in [0.5, 0.6) is 0 Å². The normalized spacial score (nSPS) is 15.9. The van der Waals surface area contributed by atoms with E-state index in [1.807, 2.05) is 0 Å². The average Bonchev–Trinajstić information content (AvgIpc) is 2.71. The molecule has 162 valence electrons. The zero-order valence-electron chi connectivity index (χ0n) is 16.0. The van der Waals surface area contributed by atoms with E-state index >= 15 is 0 Å². The van der Waals surface area contributed by atoms with E-state index in [2.05, 4.69) is 4.98 Å². The van der Waals surface area contributed by atoms with Crippen LogP contribution < -0.4 is 5.56 Å². The molecule has 0 fully saturated rings. The SMILES string of the molecule is CN(C(=O)c1cc(F)c(C(F)F)c(F)c1)[C@H]1COCc2[nH]c(=O)c3cc(F)ccc3c21. The van der Waals surface area contributed by atoms with Gasteiger partial charge in [0.15, 0.2) is 0 Å². The van der Waals surface area contributed by atoms with Crippen molar-refractivity contribution < 1.29 is 31.5 Å². The highest BCUT2D eigenvalue weighted by Crippen LogP contribution is 2.34. The van der Waals surface area contributed by atoms with Gasteiger partial charge in [0.2, 0.25) is 0 Å². The fraction of sp³-hybridized carbons (Fsp3) is 0.238. The van der Waals surface area contributed by atoms with Crippen LogP contribution in [0.4, 0.5) is 22.0 Å². The number of pyridine rings is 1. The van der Waals surface area contributed by atoms with Crippen LogP contribution in [0.25, 0.3) is 10.8 Å². The molecule has 3 aromatic rings. The molecule has 10 heteroatoms. The van der Waals surface area contributed by atoms with Crippen molar-refractivity contribution in [2.75, 3.05) is 13.7 Å². The maximum Gasteiger partial charge on any atom is 0.269 e. The maximum atomic E-state index is 14.0. The number of carbonyl (C=O) groups is 1. The van der Waals surface area contributed by atoms with Crippen molar-refractivity contribution >= 4 is 16.7 Å². The van der Waals surface area contributed by atoms with Crippen LogP contribution in [-0.4, -0.2) is 29.4 Å². The third-order valence-electron chi connectivity index (χ3n) is 5.29. The van der Waals surface area contributed by atoms with Crippen LogP contribution in [0.2, 0.25) is 0 Å². The van der Waals surface area contributed by atoms with Crippen LogP contribution in [0, 0.1) is 17.5 Å². The van der Waals surface area contributed by atoms with Crippen LogP contribution in [0.15, 0.2) is 35.1 Å². The number of benzene rings is 2. The highest BCUT2D eigenvalue weighted by molar-refractivity contribution is 5.95. The Hall–Kier alpha value is -3.27. The van der Waals surface area contributed by atoms with Gasteiger partial charge in [0.25, 0.3) is 17.9 Å². The summed E-state index contributed by atoms with van der Waals surface area (Å²) in [6, 6.07) is 3.96. The minimum Gasteiger partial charge on any atom is -0.373 e. The summed E-state index contributed by atoms with van der Waals surface area (Å²) in [6.07, 6.45) is -3.37. The molecule has 0 bridgehead atoms. The molecule has 0 unspecified atom stereocenters. The average molecular weight is 438 g/mol. The lowest BCUT2D eigenvalue weighted by Gasteiger charge is -2.34. The zero-order valence-corrected chi connectivity index (χ0v) is 16.0. The van der Waals surface area contributed by atoms with Gasteiger partial charge in [-0.3, -0.25) is 9.59 Å². The Morgan fingerprint density at radius 2 is 1.81 bits per heavy atom. The van der Waals surface area contributed by atoms with Gasteiger partial charge in [0.05, 0.1) is 30.2 Å². The van der Waals surface area contributed by atoms with Crippen molar-refractivity contribution in [2.45, 2.75) is 19.1 Å². The molecule has 1 aliphatic rings. The molecule has 2 heterocycles. The number of alkyl halides is 2. The van der Waals surface area contributed by atoms with Crippen molar-refractivity contribution in [3.63, 3.8) is 0 Å². The lowest BCUT2D eigenvalue weighted by atomic mass is 9.95. The summed E-state index contributed by atoms with van der Waals surface area (Å²) in [5, 5.41) is 0.475. The van der Waals surface area contributed by atoms with Crippen molar-refractivity contribution in [1.82, 2.24) is 9.88 Å². The lowest BCUT2D eigenvalue weighted by molar-refractivity contribution is 0.0335. The summed E-state index contributed by atoms with van der Waals surface area (Å²) in [7, 11) is 1.35. The van der Waals surface area contributed by atoms with E-state index < -0.39 is 52.5 Å². The predicted octanol–water partition coefficient (Wildman–Crippen LogP) is 4.23. The van der Waals surface area contributed by atoms with Crippen molar-refractivity contribution in [1.29, 1.82) is 0 Å². The summed E-state index contributed by atoms with van der Waals surface area (Å²) in [4.78, 5) is 29.0. The number of aromatic nitrogens is 1. The number of fused-ring (bicyclic) bond motifs is 3. The Kier molecular flexibility index (Phi) is 5.26.